The molecule has 0 radical (unpaired) electrons. The first-order chi connectivity index (χ1) is 15.6. The number of carbonyl (C=O) groups excluding carboxylic acids is 2. The number of esters is 1. The van der Waals surface area contributed by atoms with Crippen molar-refractivity contribution in [1.29, 1.82) is 0 Å². The molecule has 1 heterocycles. The van der Waals surface area contributed by atoms with Gasteiger partial charge in [0.1, 0.15) is 0 Å². The van der Waals surface area contributed by atoms with Crippen LogP contribution in [0.5, 0.6) is 0 Å². The highest BCUT2D eigenvalue weighted by Crippen LogP contribution is 2.26. The number of anilines is 1. The number of piperidine rings is 1. The highest BCUT2D eigenvalue weighted by Gasteiger charge is 2.19. The Morgan fingerprint density at radius 3 is 2.34 bits per heavy atom. The van der Waals surface area contributed by atoms with Crippen molar-refractivity contribution in [2.75, 3.05) is 31.1 Å². The second-order valence-corrected chi connectivity index (χ2v) is 8.43. The predicted molar refractivity (Wildman–Crippen MR) is 130 cm³/mol. The Balaban J connectivity index is 1.64. The average molecular weight is 437 g/mol. The van der Waals surface area contributed by atoms with Gasteiger partial charge < -0.3 is 15.0 Å². The van der Waals surface area contributed by atoms with Crippen molar-refractivity contribution in [2.24, 2.45) is 0 Å². The molecule has 0 bridgehead atoms. The minimum absolute atomic E-state index is 0.00735. The van der Waals surface area contributed by atoms with Gasteiger partial charge in [0.05, 0.1) is 17.7 Å². The highest BCUT2D eigenvalue weighted by atomic mass is 16.5. The number of hydrogen-bond donors (Lipinski definition) is 1. The summed E-state index contributed by atoms with van der Waals surface area (Å²) < 4.78 is 5.02. The topological polar surface area (TPSA) is 58.6 Å². The van der Waals surface area contributed by atoms with Crippen LogP contribution < -0.4 is 10.2 Å². The summed E-state index contributed by atoms with van der Waals surface area (Å²) in [5.41, 5.74) is 4.70. The first-order valence-corrected chi connectivity index (χ1v) is 12.0. The number of aryl methyl sites for hydroxylation is 1. The van der Waals surface area contributed by atoms with Gasteiger partial charge >= 0.3 is 5.97 Å². The van der Waals surface area contributed by atoms with Gasteiger partial charge in [0.15, 0.2) is 0 Å². The van der Waals surface area contributed by atoms with Gasteiger partial charge in [0, 0.05) is 25.3 Å². The van der Waals surface area contributed by atoms with Gasteiger partial charge in [-0.3, -0.25) is 4.79 Å². The maximum atomic E-state index is 13.1. The monoisotopic (exact) mass is 436 g/mol. The first kappa shape index (κ1) is 23.8. The van der Waals surface area contributed by atoms with Crippen LogP contribution in [0.2, 0.25) is 0 Å². The minimum Gasteiger partial charge on any atom is -0.462 e. The van der Waals surface area contributed by atoms with Gasteiger partial charge in [0.25, 0.3) is 5.91 Å². The first-order valence-electron chi connectivity index (χ1n) is 12.0. The fraction of sp³-hybridized carbons (Fsp3) is 0.481. The molecule has 2 aromatic rings. The van der Waals surface area contributed by atoms with E-state index in [1.807, 2.05) is 12.1 Å². The third-order valence-electron chi connectivity index (χ3n) is 5.99. The lowest BCUT2D eigenvalue weighted by atomic mass is 10.0. The van der Waals surface area contributed by atoms with E-state index in [1.165, 1.54) is 24.8 Å². The molecule has 0 spiro atoms. The summed E-state index contributed by atoms with van der Waals surface area (Å²) in [6.45, 7) is 6.94. The van der Waals surface area contributed by atoms with Crippen LogP contribution in [0.4, 0.5) is 5.69 Å². The van der Waals surface area contributed by atoms with E-state index in [1.54, 1.807) is 19.1 Å². The lowest BCUT2D eigenvalue weighted by Crippen LogP contribution is -2.33. The highest BCUT2D eigenvalue weighted by molar-refractivity contribution is 6.00. The van der Waals surface area contributed by atoms with Crippen LogP contribution in [0, 0.1) is 0 Å². The number of unbranched alkanes of at least 4 members (excludes halogenated alkanes) is 1. The van der Waals surface area contributed by atoms with Crippen LogP contribution in [0.3, 0.4) is 0 Å². The average Bonchev–Trinajstić information content (AvgIpc) is 2.83. The van der Waals surface area contributed by atoms with Crippen molar-refractivity contribution >= 4 is 17.6 Å². The van der Waals surface area contributed by atoms with Crippen LogP contribution in [-0.2, 0) is 17.6 Å². The number of carbonyl (C=O) groups is 2. The molecule has 5 nitrogen and oxygen atoms in total. The molecule has 1 fully saturated rings. The molecule has 3 rings (SSSR count). The largest absolute Gasteiger partial charge is 0.462 e. The fourth-order valence-electron chi connectivity index (χ4n) is 4.15. The number of benzene rings is 2. The fourth-order valence-corrected chi connectivity index (χ4v) is 4.15. The zero-order chi connectivity index (χ0) is 22.8. The molecule has 1 saturated heterocycles. The number of hydrogen-bond acceptors (Lipinski definition) is 4. The second kappa shape index (κ2) is 12.3. The van der Waals surface area contributed by atoms with Gasteiger partial charge in [-0.1, -0.05) is 31.5 Å². The molecule has 2 aromatic carbocycles. The Kier molecular flexibility index (Phi) is 9.14. The van der Waals surface area contributed by atoms with E-state index in [4.69, 9.17) is 4.74 Å². The van der Waals surface area contributed by atoms with E-state index in [-0.39, 0.29) is 11.9 Å². The molecule has 1 aliphatic heterocycles. The third kappa shape index (κ3) is 6.59. The number of nitrogens with one attached hydrogen (secondary N) is 1. The van der Waals surface area contributed by atoms with Crippen LogP contribution in [0.15, 0.2) is 42.5 Å². The van der Waals surface area contributed by atoms with Crippen molar-refractivity contribution in [1.82, 2.24) is 5.32 Å². The van der Waals surface area contributed by atoms with Crippen molar-refractivity contribution in [2.45, 2.75) is 58.8 Å². The molecule has 5 heteroatoms. The van der Waals surface area contributed by atoms with E-state index in [0.29, 0.717) is 25.1 Å². The molecule has 0 aliphatic carbocycles. The molecule has 172 valence electrons. The SMILES string of the molecule is CCCCc1ccc(N2CCCCC2)c(C(=O)NCCc2ccc(C(=O)OCC)cc2)c1. The molecule has 1 N–H and O–H groups in total. The molecular weight excluding hydrogens is 400 g/mol. The standard InChI is InChI=1S/C27H36N2O3/c1-3-5-9-22-12-15-25(29-18-7-6-8-19-29)24(20-22)26(30)28-17-16-21-10-13-23(14-11-21)27(31)32-4-2/h10-15,20H,3-9,16-19H2,1-2H3,(H,28,30). The summed E-state index contributed by atoms with van der Waals surface area (Å²) in [7, 11) is 0. The lowest BCUT2D eigenvalue weighted by molar-refractivity contribution is 0.0526. The van der Waals surface area contributed by atoms with Gasteiger partial charge in [-0.2, -0.15) is 0 Å². The van der Waals surface area contributed by atoms with E-state index < -0.39 is 0 Å². The van der Waals surface area contributed by atoms with Crippen molar-refractivity contribution in [3.05, 3.63) is 64.7 Å². The molecular formula is C27H36N2O3. The van der Waals surface area contributed by atoms with E-state index in [0.717, 1.165) is 49.2 Å². The van der Waals surface area contributed by atoms with Gasteiger partial charge in [-0.15, -0.1) is 0 Å². The minimum atomic E-state index is -0.305. The van der Waals surface area contributed by atoms with E-state index >= 15 is 0 Å². The van der Waals surface area contributed by atoms with Gasteiger partial charge in [-0.25, -0.2) is 4.79 Å². The van der Waals surface area contributed by atoms with Crippen molar-refractivity contribution in [3.8, 4) is 0 Å². The molecule has 0 saturated carbocycles. The summed E-state index contributed by atoms with van der Waals surface area (Å²) in [6.07, 6.45) is 7.62. The third-order valence-corrected chi connectivity index (χ3v) is 5.99. The zero-order valence-corrected chi connectivity index (χ0v) is 19.5. The Hall–Kier alpha value is -2.82. The van der Waals surface area contributed by atoms with Crippen LogP contribution >= 0.6 is 0 Å². The predicted octanol–water partition coefficient (Wildman–Crippen LogP) is 5.17. The zero-order valence-electron chi connectivity index (χ0n) is 19.5. The van der Waals surface area contributed by atoms with Crippen LogP contribution in [-0.4, -0.2) is 38.1 Å². The second-order valence-electron chi connectivity index (χ2n) is 8.43. The van der Waals surface area contributed by atoms with Crippen LogP contribution in [0.25, 0.3) is 0 Å². The van der Waals surface area contributed by atoms with Crippen LogP contribution in [0.1, 0.15) is 77.8 Å². The molecule has 0 unspecified atom stereocenters. The number of nitrogens with zero attached hydrogens (tertiary/aromatic N) is 1. The lowest BCUT2D eigenvalue weighted by Gasteiger charge is -2.30. The molecule has 1 amide bonds. The quantitative estimate of drug-likeness (QED) is 0.522. The molecule has 0 aromatic heterocycles. The Morgan fingerprint density at radius 1 is 0.938 bits per heavy atom. The smallest absolute Gasteiger partial charge is 0.338 e. The maximum Gasteiger partial charge on any atom is 0.338 e. The van der Waals surface area contributed by atoms with E-state index in [9.17, 15) is 9.59 Å². The number of amides is 1. The molecule has 32 heavy (non-hydrogen) atoms. The summed E-state index contributed by atoms with van der Waals surface area (Å²) in [5, 5.41) is 3.11. The molecule has 1 aliphatic rings. The number of rotatable bonds is 10. The van der Waals surface area contributed by atoms with Crippen molar-refractivity contribution in [3.63, 3.8) is 0 Å². The van der Waals surface area contributed by atoms with Crippen molar-refractivity contribution < 1.29 is 14.3 Å². The normalized spacial score (nSPS) is 13.6. The summed E-state index contributed by atoms with van der Waals surface area (Å²) >= 11 is 0. The van der Waals surface area contributed by atoms with Gasteiger partial charge in [0.2, 0.25) is 0 Å². The summed E-state index contributed by atoms with van der Waals surface area (Å²) in [5.74, 6) is -0.312. The summed E-state index contributed by atoms with van der Waals surface area (Å²) in [6, 6.07) is 13.8. The van der Waals surface area contributed by atoms with Gasteiger partial charge in [-0.05, 0) is 80.8 Å². The molecule has 0 atom stereocenters. The number of ether oxygens (including phenoxy) is 1. The van der Waals surface area contributed by atoms with E-state index in [2.05, 4.69) is 35.3 Å². The Bertz CT molecular complexity index is 886. The maximum absolute atomic E-state index is 13.1. The Morgan fingerprint density at radius 2 is 1.66 bits per heavy atom. The summed E-state index contributed by atoms with van der Waals surface area (Å²) in [4.78, 5) is 27.3. The Labute approximate surface area is 192 Å².